The molecule has 0 fully saturated rings. The Labute approximate surface area is 790 Å². The van der Waals surface area contributed by atoms with Crippen LogP contribution in [0.15, 0.2) is 194 Å². The fraction of sp³-hybridized carbons (Fsp3) is 0.292. The number of nitrogens with zero attached hydrogens (tertiary/aromatic N) is 8. The average molecular weight is 1830 g/mol. The molecule has 8 aliphatic heterocycles. The highest BCUT2D eigenvalue weighted by Gasteiger charge is 2.49. The fourth-order valence-electron chi connectivity index (χ4n) is 22.4. The van der Waals surface area contributed by atoms with Crippen molar-refractivity contribution in [2.75, 3.05) is 45.8 Å². The van der Waals surface area contributed by atoms with Crippen LogP contribution in [0.3, 0.4) is 0 Å². The number of imide groups is 8. The molecular weight excluding hydrogens is 1730 g/mol. The van der Waals surface area contributed by atoms with E-state index in [9.17, 15) is 38.4 Å². The van der Waals surface area contributed by atoms with Gasteiger partial charge in [-0.15, -0.1) is 0 Å². The molecule has 0 aliphatic carbocycles. The second-order valence-corrected chi connectivity index (χ2v) is 37.6. The zero-order chi connectivity index (χ0) is 95.9. The second-order valence-electron chi connectivity index (χ2n) is 37.6. The Bertz CT molecular complexity index is 6240. The second kappa shape index (κ2) is 34.9. The van der Waals surface area contributed by atoms with Gasteiger partial charge in [0.2, 0.25) is 0 Å². The molecule has 0 aromatic heterocycles. The monoisotopic (exact) mass is 1820 g/mol. The van der Waals surface area contributed by atoms with Crippen molar-refractivity contribution < 1.29 is 76.7 Å². The Balaban J connectivity index is 0.723. The van der Waals surface area contributed by atoms with E-state index >= 15 is 38.4 Å². The van der Waals surface area contributed by atoms with Gasteiger partial charge in [-0.05, 0) is 217 Å². The van der Waals surface area contributed by atoms with E-state index in [1.54, 1.807) is 97.1 Å². The first-order chi connectivity index (χ1) is 66.3. The molecule has 0 spiro atoms. The highest BCUT2D eigenvalue weighted by atomic mass is 16.2. The first-order valence-corrected chi connectivity index (χ1v) is 48.1. The number of hydrogen-bond acceptors (Lipinski definition) is 16. The summed E-state index contributed by atoms with van der Waals surface area (Å²) in [4.78, 5) is 250. The number of anilines is 4. The van der Waals surface area contributed by atoms with Gasteiger partial charge in [0.15, 0.2) is 0 Å². The minimum Gasteiger partial charge on any atom is -0.274 e. The fourth-order valence-corrected chi connectivity index (χ4v) is 22.4. The van der Waals surface area contributed by atoms with Crippen molar-refractivity contribution in [1.29, 1.82) is 0 Å². The van der Waals surface area contributed by atoms with Crippen LogP contribution in [0.5, 0.6) is 0 Å². The number of hydrogen-bond donors (Lipinski definition) is 0. The summed E-state index contributed by atoms with van der Waals surface area (Å²) in [6.45, 7) is 17.2. The molecule has 8 aliphatic rings. The van der Waals surface area contributed by atoms with Gasteiger partial charge >= 0.3 is 0 Å². The molecule has 24 heteroatoms. The van der Waals surface area contributed by atoms with E-state index in [0.717, 1.165) is 122 Å². The largest absolute Gasteiger partial charge is 0.274 e. The third-order valence-electron chi connectivity index (χ3n) is 30.1. The lowest BCUT2D eigenvalue weighted by molar-refractivity contribution is 0.0565. The summed E-state index contributed by atoms with van der Waals surface area (Å²) in [5.41, 5.74) is 2.04. The summed E-state index contributed by atoms with van der Waals surface area (Å²) < 4.78 is 0. The third kappa shape index (κ3) is 13.7. The molecule has 0 saturated heterocycles. The molecule has 0 bridgehead atoms. The quantitative estimate of drug-likeness (QED) is 0.0279. The third-order valence-corrected chi connectivity index (χ3v) is 30.1. The molecule has 12 aromatic carbocycles. The van der Waals surface area contributed by atoms with Gasteiger partial charge in [-0.2, -0.15) is 0 Å². The summed E-state index contributed by atoms with van der Waals surface area (Å²) in [5.74, 6) is -10.1. The zero-order valence-corrected chi connectivity index (χ0v) is 77.5. The molecule has 4 atom stereocenters. The van der Waals surface area contributed by atoms with Crippen LogP contribution in [0.2, 0.25) is 0 Å². The van der Waals surface area contributed by atoms with Gasteiger partial charge < -0.3 is 0 Å². The Morgan fingerprint density at radius 2 is 0.314 bits per heavy atom. The van der Waals surface area contributed by atoms with E-state index in [4.69, 9.17) is 0 Å². The molecule has 688 valence electrons. The first-order valence-electron chi connectivity index (χ1n) is 48.1. The van der Waals surface area contributed by atoms with E-state index in [1.165, 1.54) is 117 Å². The van der Waals surface area contributed by atoms with Gasteiger partial charge in [0, 0.05) is 158 Å². The van der Waals surface area contributed by atoms with Crippen LogP contribution >= 0.6 is 0 Å². The maximum Gasteiger partial charge on any atom is 0.265 e. The lowest BCUT2D eigenvalue weighted by Gasteiger charge is -2.38. The van der Waals surface area contributed by atoms with Crippen LogP contribution in [-0.4, -0.2) is 140 Å². The Morgan fingerprint density at radius 3 is 0.438 bits per heavy atom. The molecule has 0 saturated carbocycles. The number of amides is 16. The van der Waals surface area contributed by atoms with Crippen LogP contribution in [0.4, 0.5) is 22.7 Å². The summed E-state index contributed by atoms with van der Waals surface area (Å²) >= 11 is 0. The molecule has 0 radical (unpaired) electrons. The number of rotatable bonds is 32. The predicted octanol–water partition coefficient (Wildman–Crippen LogP) is 21.1. The normalized spacial score (nSPS) is 16.8. The summed E-state index contributed by atoms with van der Waals surface area (Å²) in [7, 11) is 0. The van der Waals surface area contributed by atoms with Gasteiger partial charge in [0.05, 0.1) is 28.2 Å². The van der Waals surface area contributed by atoms with Crippen molar-refractivity contribution in [1.82, 2.24) is 19.6 Å². The van der Waals surface area contributed by atoms with Crippen molar-refractivity contribution in [3.63, 3.8) is 0 Å². The molecule has 12 aromatic rings. The standard InChI is InChI=1S/C113H100N8O16/c1-9-17-21-61(13-5)57-114-97(122)73-41-49-81-93-82(50-42-74(89(73)93)98(114)123)106(131)118(105(81)130)69-33-25-65(26-34-69)113(66-27-35-70(36-28-66)119-107(132)83-51-43-75-90-76(44-52-84(94(83)90)108(119)133)100(125)115(99(75)124)58-62(14-6)22-18-10-2,67-29-37-71(38-30-67)120-109(134)85-53-45-77-91-78(46-54-86(95(85)91)110(120)135)102(127)116(101(77)126)59-63(15-7)23-19-11-3)68-31-39-72(40-32-68)121-111(136)87-55-47-79-92-80(48-56-88(96(87)92)112(121)137)104(129)117(103(79)128)60-64(16-8)24-20-12-4/h25-56,61-64H,9-24,57-60H2,1-8H3. The predicted molar refractivity (Wildman–Crippen MR) is 520 cm³/mol. The highest BCUT2D eigenvalue weighted by Crippen LogP contribution is 2.52. The van der Waals surface area contributed by atoms with Crippen LogP contribution in [0, 0.1) is 23.7 Å². The van der Waals surface area contributed by atoms with Crippen molar-refractivity contribution in [3.8, 4) is 0 Å². The first kappa shape index (κ1) is 89.7. The van der Waals surface area contributed by atoms with Gasteiger partial charge in [-0.1, -0.05) is 181 Å². The Hall–Kier alpha value is -15.2. The van der Waals surface area contributed by atoms with Gasteiger partial charge in [-0.3, -0.25) is 96.3 Å². The van der Waals surface area contributed by atoms with Crippen LogP contribution in [0.25, 0.3) is 43.1 Å². The van der Waals surface area contributed by atoms with E-state index in [1.807, 2.05) is 27.7 Å². The van der Waals surface area contributed by atoms with Crippen LogP contribution in [-0.2, 0) is 5.41 Å². The molecule has 16 amide bonds. The lowest BCUT2D eigenvalue weighted by Crippen LogP contribution is -2.45. The number of carbonyl (C=O) groups excluding carboxylic acids is 16. The van der Waals surface area contributed by atoms with Gasteiger partial charge in [0.1, 0.15) is 0 Å². The molecule has 4 unspecified atom stereocenters. The molecule has 137 heavy (non-hydrogen) atoms. The van der Waals surface area contributed by atoms with Crippen LogP contribution < -0.4 is 19.6 Å². The van der Waals surface area contributed by atoms with Crippen molar-refractivity contribution in [3.05, 3.63) is 305 Å². The molecule has 8 heterocycles. The number of unbranched alkanes of at least 4 members (excludes halogenated alkanes) is 4. The topological polar surface area (TPSA) is 299 Å². The molecular formula is C113H100N8O16. The van der Waals surface area contributed by atoms with E-state index < -0.39 is 99.9 Å². The SMILES string of the molecule is CCCCC(CC)CN1C(=O)c2ccc3c4c(ccc(c24)C1=O)C(=O)N(c1ccc(C(c2ccc(N4C(=O)c5ccc6c7c(ccc(c57)C4=O)C(=O)N(CC(CC)CCCC)C6=O)cc2)(c2ccc(N4C(=O)c5ccc6c7c(ccc(c57)C4=O)C(=O)N(CC(CC)CCCC)C6=O)cc2)c2ccc(N4C(=O)c5ccc6c7c(ccc(c57)C4=O)C(=O)N(CC(CC)CCCC)C6=O)cc2)cc1)C3=O. The zero-order valence-electron chi connectivity index (χ0n) is 77.5. The van der Waals surface area contributed by atoms with Crippen molar-refractivity contribution in [2.45, 2.75) is 164 Å². The number of carbonyl (C=O) groups is 16. The Kier molecular flexibility index (Phi) is 22.9. The van der Waals surface area contributed by atoms with E-state index in [-0.39, 0.29) is 205 Å². The minimum atomic E-state index is -1.75. The van der Waals surface area contributed by atoms with Crippen molar-refractivity contribution >= 4 is 160 Å². The Morgan fingerprint density at radius 1 is 0.182 bits per heavy atom. The maximum atomic E-state index is 15.5. The minimum absolute atomic E-state index is 0.0456. The van der Waals surface area contributed by atoms with Crippen LogP contribution in [0.1, 0.15) is 346 Å². The lowest BCUT2D eigenvalue weighted by atomic mass is 9.65. The number of benzene rings is 12. The van der Waals surface area contributed by atoms with Crippen molar-refractivity contribution in [2.24, 2.45) is 23.7 Å². The highest BCUT2D eigenvalue weighted by molar-refractivity contribution is 6.44. The molecule has 0 N–H and O–H groups in total. The average Bonchev–Trinajstić information content (AvgIpc) is 0.719. The summed E-state index contributed by atoms with van der Waals surface area (Å²) in [6, 6.07) is 50.4. The van der Waals surface area contributed by atoms with Gasteiger partial charge in [0.25, 0.3) is 94.5 Å². The summed E-state index contributed by atoms with van der Waals surface area (Å²) in [6.07, 6.45) is 13.6. The molecule has 20 rings (SSSR count). The smallest absolute Gasteiger partial charge is 0.265 e. The van der Waals surface area contributed by atoms with Gasteiger partial charge in [-0.25, -0.2) is 19.6 Å². The molecule has 24 nitrogen and oxygen atoms in total. The van der Waals surface area contributed by atoms with E-state index in [0.29, 0.717) is 22.3 Å². The summed E-state index contributed by atoms with van der Waals surface area (Å²) in [5, 5.41) is 1.48. The van der Waals surface area contributed by atoms with E-state index in [2.05, 4.69) is 27.7 Å². The maximum absolute atomic E-state index is 15.5.